The second-order valence-electron chi connectivity index (χ2n) is 6.51. The van der Waals surface area contributed by atoms with Crippen LogP contribution in [0.4, 0.5) is 0 Å². The normalized spacial score (nSPS) is 14.2. The van der Waals surface area contributed by atoms with Crippen LogP contribution in [-0.2, 0) is 23.7 Å². The highest BCUT2D eigenvalue weighted by molar-refractivity contribution is 5.87. The molecule has 0 heterocycles. The molecule has 5 nitrogen and oxygen atoms in total. The third kappa shape index (κ3) is 7.89. The molecular weight excluding hydrogens is 320 g/mol. The Morgan fingerprint density at radius 2 is 1.48 bits per heavy atom. The van der Waals surface area contributed by atoms with Crippen LogP contribution in [0.2, 0.25) is 0 Å². The summed E-state index contributed by atoms with van der Waals surface area (Å²) in [6, 6.07) is 0. The van der Waals surface area contributed by atoms with Gasteiger partial charge in [0.25, 0.3) is 5.97 Å². The number of esters is 1. The van der Waals surface area contributed by atoms with Gasteiger partial charge >= 0.3 is 5.97 Å². The molecule has 25 heavy (non-hydrogen) atoms. The van der Waals surface area contributed by atoms with E-state index in [1.165, 1.54) is 25.7 Å². The van der Waals surface area contributed by atoms with E-state index in [4.69, 9.17) is 18.9 Å². The molecule has 148 valence electrons. The number of carbonyl (C=O) groups excluding carboxylic acids is 1. The molecule has 0 radical (unpaired) electrons. The van der Waals surface area contributed by atoms with Crippen molar-refractivity contribution in [2.45, 2.75) is 84.2 Å². The molecule has 0 amide bonds. The first-order chi connectivity index (χ1) is 11.9. The van der Waals surface area contributed by atoms with Crippen molar-refractivity contribution in [1.82, 2.24) is 0 Å². The number of hydrogen-bond acceptors (Lipinski definition) is 5. The average Bonchev–Trinajstić information content (AvgIpc) is 2.62. The molecule has 0 aliphatic carbocycles. The van der Waals surface area contributed by atoms with Crippen LogP contribution in [0.1, 0.15) is 72.1 Å². The third-order valence-corrected chi connectivity index (χ3v) is 4.63. The Hall–Kier alpha value is -0.910. The lowest BCUT2D eigenvalue weighted by Crippen LogP contribution is -2.50. The van der Waals surface area contributed by atoms with Crippen LogP contribution in [0.25, 0.3) is 0 Å². The zero-order valence-electron chi connectivity index (χ0n) is 17.1. The Morgan fingerprint density at radius 3 is 1.92 bits per heavy atom. The van der Waals surface area contributed by atoms with Crippen LogP contribution in [0.5, 0.6) is 0 Å². The van der Waals surface area contributed by atoms with Crippen LogP contribution in [-0.4, -0.2) is 39.4 Å². The number of carbonyl (C=O) groups is 1. The molecule has 0 rings (SSSR count). The second kappa shape index (κ2) is 13.3. The number of hydrogen-bond donors (Lipinski definition) is 0. The van der Waals surface area contributed by atoms with E-state index in [9.17, 15) is 4.79 Å². The fourth-order valence-electron chi connectivity index (χ4n) is 3.13. The first kappa shape index (κ1) is 24.1. The summed E-state index contributed by atoms with van der Waals surface area (Å²) in [5, 5.41) is 0. The van der Waals surface area contributed by atoms with Gasteiger partial charge in [-0.3, -0.25) is 0 Å². The molecule has 0 N–H and O–H groups in total. The molecule has 2 atom stereocenters. The molecule has 0 fully saturated rings. The van der Waals surface area contributed by atoms with Gasteiger partial charge in [0.1, 0.15) is 6.10 Å². The molecule has 0 aliphatic heterocycles. The predicted octanol–water partition coefficient (Wildman–Crippen LogP) is 4.84. The zero-order valence-corrected chi connectivity index (χ0v) is 17.1. The summed E-state index contributed by atoms with van der Waals surface area (Å²) in [7, 11) is 4.65. The Balaban J connectivity index is 5.08. The molecule has 0 saturated carbocycles. The predicted molar refractivity (Wildman–Crippen MR) is 100 cm³/mol. The van der Waals surface area contributed by atoms with Crippen LogP contribution in [0.15, 0.2) is 12.2 Å². The maximum Gasteiger partial charge on any atom is 0.333 e. The van der Waals surface area contributed by atoms with Gasteiger partial charge in [0.2, 0.25) is 0 Å². The first-order valence-electron chi connectivity index (χ1n) is 9.44. The highest BCUT2D eigenvalue weighted by Crippen LogP contribution is 2.34. The molecular formula is C20H38O5. The van der Waals surface area contributed by atoms with E-state index >= 15 is 0 Å². The van der Waals surface area contributed by atoms with E-state index in [1.54, 1.807) is 28.3 Å². The highest BCUT2D eigenvalue weighted by Gasteiger charge is 2.45. The minimum atomic E-state index is -1.22. The van der Waals surface area contributed by atoms with E-state index in [-0.39, 0.29) is 12.0 Å². The number of ether oxygens (including phenoxy) is 4. The Bertz CT molecular complexity index is 368. The van der Waals surface area contributed by atoms with Crippen LogP contribution in [0, 0.1) is 5.92 Å². The Morgan fingerprint density at radius 1 is 0.960 bits per heavy atom. The molecule has 0 aromatic heterocycles. The molecule has 0 saturated heterocycles. The molecule has 5 heteroatoms. The lowest BCUT2D eigenvalue weighted by Gasteiger charge is -2.40. The van der Waals surface area contributed by atoms with Crippen LogP contribution < -0.4 is 0 Å². The van der Waals surface area contributed by atoms with Crippen molar-refractivity contribution in [3.05, 3.63) is 12.2 Å². The Labute approximate surface area is 154 Å². The molecule has 0 aromatic rings. The number of rotatable bonds is 15. The maximum atomic E-state index is 12.0. The van der Waals surface area contributed by atoms with Gasteiger partial charge in [0.05, 0.1) is 5.92 Å². The van der Waals surface area contributed by atoms with Crippen molar-refractivity contribution >= 4 is 5.97 Å². The van der Waals surface area contributed by atoms with Crippen LogP contribution in [0.3, 0.4) is 0 Å². The molecule has 2 unspecified atom stereocenters. The minimum absolute atomic E-state index is 0.216. The van der Waals surface area contributed by atoms with Crippen molar-refractivity contribution in [3.63, 3.8) is 0 Å². The van der Waals surface area contributed by atoms with E-state index < -0.39 is 11.9 Å². The van der Waals surface area contributed by atoms with Crippen LogP contribution >= 0.6 is 0 Å². The van der Waals surface area contributed by atoms with Gasteiger partial charge in [-0.25, -0.2) is 4.79 Å². The molecule has 0 aliphatic rings. The summed E-state index contributed by atoms with van der Waals surface area (Å²) >= 11 is 0. The zero-order chi connectivity index (χ0) is 19.3. The van der Waals surface area contributed by atoms with Crippen molar-refractivity contribution in [3.8, 4) is 0 Å². The summed E-state index contributed by atoms with van der Waals surface area (Å²) in [5.41, 5.74) is 0.384. The molecule has 0 aromatic carbocycles. The van der Waals surface area contributed by atoms with E-state index in [2.05, 4.69) is 13.5 Å². The quantitative estimate of drug-likeness (QED) is 0.181. The highest BCUT2D eigenvalue weighted by atomic mass is 16.9. The van der Waals surface area contributed by atoms with Crippen molar-refractivity contribution in [2.75, 3.05) is 21.3 Å². The van der Waals surface area contributed by atoms with Crippen molar-refractivity contribution in [1.29, 1.82) is 0 Å². The monoisotopic (exact) mass is 358 g/mol. The number of unbranched alkanes of at least 4 members (excludes halogenated alkanes) is 5. The van der Waals surface area contributed by atoms with Gasteiger partial charge in [-0.15, -0.1) is 0 Å². The van der Waals surface area contributed by atoms with E-state index in [0.717, 1.165) is 19.3 Å². The maximum absolute atomic E-state index is 12.0. The minimum Gasteiger partial charge on any atom is -0.458 e. The summed E-state index contributed by atoms with van der Waals surface area (Å²) in [6.45, 7) is 9.50. The summed E-state index contributed by atoms with van der Waals surface area (Å²) in [4.78, 5) is 12.0. The second-order valence-corrected chi connectivity index (χ2v) is 6.51. The summed E-state index contributed by atoms with van der Waals surface area (Å²) in [5.74, 6) is -1.83. The summed E-state index contributed by atoms with van der Waals surface area (Å²) < 4.78 is 22.3. The SMILES string of the molecule is C=C(C)C(=O)OC(CC)C(CCCCCCCC)C(OC)(OC)OC. The van der Waals surface area contributed by atoms with E-state index in [1.807, 2.05) is 6.92 Å². The van der Waals surface area contributed by atoms with Gasteiger partial charge in [0.15, 0.2) is 0 Å². The van der Waals surface area contributed by atoms with Gasteiger partial charge in [-0.05, 0) is 19.8 Å². The van der Waals surface area contributed by atoms with Gasteiger partial charge < -0.3 is 18.9 Å². The standard InChI is InChI=1S/C20H38O5/c1-8-10-11-12-13-14-15-17(20(22-5,23-6)24-7)18(9-2)25-19(21)16(3)4/h17-18H,3,8-15H2,1-2,4-7H3. The lowest BCUT2D eigenvalue weighted by molar-refractivity contribution is -0.388. The molecule has 0 bridgehead atoms. The average molecular weight is 359 g/mol. The van der Waals surface area contributed by atoms with Gasteiger partial charge in [-0.1, -0.05) is 59.0 Å². The fraction of sp³-hybridized carbons (Fsp3) is 0.850. The topological polar surface area (TPSA) is 54.0 Å². The lowest BCUT2D eigenvalue weighted by atomic mass is 9.90. The van der Waals surface area contributed by atoms with Gasteiger partial charge in [0, 0.05) is 26.9 Å². The smallest absolute Gasteiger partial charge is 0.333 e. The largest absolute Gasteiger partial charge is 0.458 e. The fourth-order valence-corrected chi connectivity index (χ4v) is 3.13. The van der Waals surface area contributed by atoms with Crippen molar-refractivity contribution in [2.24, 2.45) is 5.92 Å². The van der Waals surface area contributed by atoms with Crippen molar-refractivity contribution < 1.29 is 23.7 Å². The molecule has 0 spiro atoms. The van der Waals surface area contributed by atoms with Gasteiger partial charge in [-0.2, -0.15) is 0 Å². The Kier molecular flexibility index (Phi) is 12.8. The first-order valence-corrected chi connectivity index (χ1v) is 9.44. The third-order valence-electron chi connectivity index (χ3n) is 4.63. The summed E-state index contributed by atoms with van der Waals surface area (Å²) in [6.07, 6.45) is 8.20. The number of methoxy groups -OCH3 is 3. The van der Waals surface area contributed by atoms with E-state index in [0.29, 0.717) is 12.0 Å².